The van der Waals surface area contributed by atoms with Crippen LogP contribution in [0.4, 0.5) is 6.01 Å². The molecule has 0 radical (unpaired) electrons. The topological polar surface area (TPSA) is 63.0 Å². The van der Waals surface area contributed by atoms with Gasteiger partial charge >= 0.3 is 6.01 Å². The fourth-order valence-electron chi connectivity index (χ4n) is 1.22. The molecule has 16 heavy (non-hydrogen) atoms. The Labute approximate surface area is 97.0 Å². The Bertz CT molecular complexity index is 316. The highest BCUT2D eigenvalue weighted by Gasteiger charge is 2.15. The molecular weight excluding hydrogens is 204 g/mol. The molecule has 5 nitrogen and oxygen atoms in total. The van der Waals surface area contributed by atoms with Gasteiger partial charge < -0.3 is 15.1 Å². The summed E-state index contributed by atoms with van der Waals surface area (Å²) in [6.45, 7) is 12.2. The van der Waals surface area contributed by atoms with E-state index in [0.29, 0.717) is 11.9 Å². The van der Waals surface area contributed by atoms with E-state index >= 15 is 0 Å². The lowest BCUT2D eigenvalue weighted by Gasteiger charge is -2.17. The number of nitrogens with one attached hydrogen (secondary N) is 2. The molecule has 1 aromatic rings. The third kappa shape index (κ3) is 4.18. The lowest BCUT2D eigenvalue weighted by atomic mass is 9.97. The van der Waals surface area contributed by atoms with Crippen molar-refractivity contribution in [2.75, 3.05) is 18.4 Å². The van der Waals surface area contributed by atoms with Gasteiger partial charge in [0.2, 0.25) is 5.89 Å². The predicted molar refractivity (Wildman–Crippen MR) is 64.3 cm³/mol. The van der Waals surface area contributed by atoms with E-state index in [1.807, 2.05) is 13.8 Å². The molecule has 1 atom stereocenters. The van der Waals surface area contributed by atoms with Crippen LogP contribution in [-0.4, -0.2) is 23.3 Å². The highest BCUT2D eigenvalue weighted by atomic mass is 16.4. The van der Waals surface area contributed by atoms with Crippen molar-refractivity contribution in [1.29, 1.82) is 0 Å². The number of aromatic nitrogens is 2. The molecule has 0 saturated carbocycles. The van der Waals surface area contributed by atoms with Crippen molar-refractivity contribution >= 4 is 6.01 Å². The van der Waals surface area contributed by atoms with Crippen LogP contribution >= 0.6 is 0 Å². The Morgan fingerprint density at radius 2 is 2.00 bits per heavy atom. The first-order chi connectivity index (χ1) is 7.42. The van der Waals surface area contributed by atoms with Gasteiger partial charge in [-0.15, -0.1) is 5.10 Å². The zero-order valence-electron chi connectivity index (χ0n) is 10.8. The van der Waals surface area contributed by atoms with E-state index in [1.54, 1.807) is 0 Å². The van der Waals surface area contributed by atoms with Crippen LogP contribution in [0.2, 0.25) is 0 Å². The normalized spacial score (nSPS) is 13.8. The molecule has 5 heteroatoms. The first-order valence-electron chi connectivity index (χ1n) is 5.73. The van der Waals surface area contributed by atoms with Crippen molar-refractivity contribution in [2.45, 2.75) is 40.7 Å². The van der Waals surface area contributed by atoms with E-state index in [-0.39, 0.29) is 11.5 Å². The molecule has 0 saturated heterocycles. The van der Waals surface area contributed by atoms with Crippen LogP contribution in [0.3, 0.4) is 0 Å². The molecule has 1 aromatic heterocycles. The van der Waals surface area contributed by atoms with E-state index < -0.39 is 0 Å². The Kier molecular flexibility index (Phi) is 4.29. The highest BCUT2D eigenvalue weighted by molar-refractivity contribution is 5.17. The van der Waals surface area contributed by atoms with Gasteiger partial charge in [-0.25, -0.2) is 0 Å². The zero-order valence-corrected chi connectivity index (χ0v) is 10.8. The third-order valence-corrected chi connectivity index (χ3v) is 2.09. The Morgan fingerprint density at radius 3 is 2.56 bits per heavy atom. The Hall–Kier alpha value is -1.10. The number of hydrogen-bond acceptors (Lipinski definition) is 5. The smallest absolute Gasteiger partial charge is 0.315 e. The summed E-state index contributed by atoms with van der Waals surface area (Å²) in [6.07, 6.45) is 0. The fourth-order valence-corrected chi connectivity index (χ4v) is 1.22. The zero-order chi connectivity index (χ0) is 12.2. The molecule has 92 valence electrons. The maximum atomic E-state index is 5.50. The molecule has 1 unspecified atom stereocenters. The average molecular weight is 226 g/mol. The van der Waals surface area contributed by atoms with E-state index in [0.717, 1.165) is 13.1 Å². The van der Waals surface area contributed by atoms with Crippen LogP contribution in [0, 0.1) is 5.41 Å². The number of nitrogens with zero attached hydrogens (tertiary/aromatic N) is 2. The van der Waals surface area contributed by atoms with Gasteiger partial charge in [0.05, 0.1) is 6.04 Å². The molecule has 0 aliphatic rings. The monoisotopic (exact) mass is 226 g/mol. The second-order valence-electron chi connectivity index (χ2n) is 5.14. The molecule has 0 aliphatic carbocycles. The van der Waals surface area contributed by atoms with Crippen LogP contribution in [0.5, 0.6) is 0 Å². The quantitative estimate of drug-likeness (QED) is 0.806. The van der Waals surface area contributed by atoms with Crippen molar-refractivity contribution in [3.63, 3.8) is 0 Å². The molecule has 0 fully saturated rings. The van der Waals surface area contributed by atoms with E-state index in [4.69, 9.17) is 4.42 Å². The van der Waals surface area contributed by atoms with Gasteiger partial charge in [0, 0.05) is 6.54 Å². The summed E-state index contributed by atoms with van der Waals surface area (Å²) in [7, 11) is 0. The van der Waals surface area contributed by atoms with Crippen LogP contribution in [0.1, 0.15) is 46.6 Å². The van der Waals surface area contributed by atoms with Gasteiger partial charge in [-0.2, -0.15) is 0 Å². The molecule has 0 spiro atoms. The third-order valence-electron chi connectivity index (χ3n) is 2.09. The minimum atomic E-state index is 0.0997. The van der Waals surface area contributed by atoms with Gasteiger partial charge in [0.15, 0.2) is 0 Å². The summed E-state index contributed by atoms with van der Waals surface area (Å²) in [6, 6.07) is 0.595. The molecule has 2 N–H and O–H groups in total. The van der Waals surface area contributed by atoms with E-state index in [1.165, 1.54) is 0 Å². The summed E-state index contributed by atoms with van der Waals surface area (Å²) in [5.74, 6) is 0.623. The predicted octanol–water partition coefficient (Wildman–Crippen LogP) is 2.20. The van der Waals surface area contributed by atoms with Gasteiger partial charge in [0.1, 0.15) is 0 Å². The van der Waals surface area contributed by atoms with Gasteiger partial charge in [-0.3, -0.25) is 0 Å². The van der Waals surface area contributed by atoms with Crippen molar-refractivity contribution in [2.24, 2.45) is 5.41 Å². The van der Waals surface area contributed by atoms with Gasteiger partial charge in [-0.05, 0) is 18.9 Å². The number of anilines is 1. The molecular formula is C11H22N4O. The SMILES string of the molecule is CCNC(C)c1nnc(NCC(C)(C)C)o1. The standard InChI is InChI=1S/C11H22N4O/c1-6-12-8(2)9-14-15-10(16-9)13-7-11(3,4)5/h8,12H,6-7H2,1-5H3,(H,13,15). The summed E-state index contributed by atoms with van der Waals surface area (Å²) >= 11 is 0. The Morgan fingerprint density at radius 1 is 1.31 bits per heavy atom. The first kappa shape index (κ1) is 13.0. The Balaban J connectivity index is 2.51. The van der Waals surface area contributed by atoms with Crippen LogP contribution < -0.4 is 10.6 Å². The van der Waals surface area contributed by atoms with Gasteiger partial charge in [0.25, 0.3) is 0 Å². The second kappa shape index (κ2) is 5.30. The van der Waals surface area contributed by atoms with Crippen LogP contribution in [-0.2, 0) is 0 Å². The molecule has 1 rings (SSSR count). The first-order valence-corrected chi connectivity index (χ1v) is 5.73. The highest BCUT2D eigenvalue weighted by Crippen LogP contribution is 2.16. The lowest BCUT2D eigenvalue weighted by Crippen LogP contribution is -2.19. The largest absolute Gasteiger partial charge is 0.406 e. The molecule has 1 heterocycles. The summed E-state index contributed by atoms with van der Waals surface area (Å²) in [5, 5.41) is 14.3. The second-order valence-corrected chi connectivity index (χ2v) is 5.14. The van der Waals surface area contributed by atoms with Crippen molar-refractivity contribution in [3.05, 3.63) is 5.89 Å². The van der Waals surface area contributed by atoms with Crippen LogP contribution in [0.15, 0.2) is 4.42 Å². The minimum Gasteiger partial charge on any atom is -0.406 e. The summed E-state index contributed by atoms with van der Waals surface area (Å²) < 4.78 is 5.50. The van der Waals surface area contributed by atoms with Crippen LogP contribution in [0.25, 0.3) is 0 Å². The molecule has 0 aliphatic heterocycles. The minimum absolute atomic E-state index is 0.0997. The summed E-state index contributed by atoms with van der Waals surface area (Å²) in [4.78, 5) is 0. The average Bonchev–Trinajstić information content (AvgIpc) is 2.62. The van der Waals surface area contributed by atoms with Crippen molar-refractivity contribution in [3.8, 4) is 0 Å². The molecule has 0 amide bonds. The van der Waals surface area contributed by atoms with E-state index in [9.17, 15) is 0 Å². The van der Waals surface area contributed by atoms with Crippen molar-refractivity contribution in [1.82, 2.24) is 15.5 Å². The maximum Gasteiger partial charge on any atom is 0.315 e. The maximum absolute atomic E-state index is 5.50. The number of hydrogen-bond donors (Lipinski definition) is 2. The fraction of sp³-hybridized carbons (Fsp3) is 0.818. The molecule has 0 aromatic carbocycles. The van der Waals surface area contributed by atoms with Gasteiger partial charge in [-0.1, -0.05) is 32.8 Å². The lowest BCUT2D eigenvalue weighted by molar-refractivity contribution is 0.411. The molecule has 0 bridgehead atoms. The van der Waals surface area contributed by atoms with Crippen molar-refractivity contribution < 1.29 is 4.42 Å². The van der Waals surface area contributed by atoms with E-state index in [2.05, 4.69) is 41.6 Å². The number of rotatable bonds is 5. The summed E-state index contributed by atoms with van der Waals surface area (Å²) in [5.41, 5.74) is 0.196.